The number of amides is 1. The summed E-state index contributed by atoms with van der Waals surface area (Å²) in [5.41, 5.74) is 0.844. The molecule has 0 heterocycles. The summed E-state index contributed by atoms with van der Waals surface area (Å²) in [6, 6.07) is 7.42. The van der Waals surface area contributed by atoms with E-state index in [1.54, 1.807) is 18.1 Å². The number of methoxy groups -OCH3 is 1. The van der Waals surface area contributed by atoms with Crippen LogP contribution in [0, 0.1) is 0 Å². The van der Waals surface area contributed by atoms with Gasteiger partial charge in [0.1, 0.15) is 5.75 Å². The third-order valence-corrected chi connectivity index (χ3v) is 2.61. The molecule has 0 aromatic heterocycles. The van der Waals surface area contributed by atoms with Crippen molar-refractivity contribution in [3.8, 4) is 5.75 Å². The lowest BCUT2D eigenvalue weighted by Crippen LogP contribution is -2.34. The van der Waals surface area contributed by atoms with Gasteiger partial charge < -0.3 is 14.7 Å². The minimum absolute atomic E-state index is 0.0477. The lowest BCUT2D eigenvalue weighted by Gasteiger charge is -2.20. The number of hydrogen-bond donors (Lipinski definition) is 1. The predicted octanol–water partition coefficient (Wildman–Crippen LogP) is 1.24. The summed E-state index contributed by atoms with van der Waals surface area (Å²) in [6.45, 7) is 4.31. The summed E-state index contributed by atoms with van der Waals surface area (Å²) in [5.74, 6) is 0.654. The summed E-state index contributed by atoms with van der Waals surface area (Å²) in [5, 5.41) is 8.93. The van der Waals surface area contributed by atoms with Crippen LogP contribution in [0.1, 0.15) is 5.56 Å². The fourth-order valence-corrected chi connectivity index (χ4v) is 1.72. The lowest BCUT2D eigenvalue weighted by molar-refractivity contribution is -0.130. The molecule has 0 radical (unpaired) electrons. The van der Waals surface area contributed by atoms with Gasteiger partial charge in [-0.2, -0.15) is 0 Å². The summed E-state index contributed by atoms with van der Waals surface area (Å²) in [6.07, 6.45) is 1.91. The first-order valence-corrected chi connectivity index (χ1v) is 5.84. The van der Waals surface area contributed by atoms with Gasteiger partial charge >= 0.3 is 0 Å². The first kappa shape index (κ1) is 14.3. The van der Waals surface area contributed by atoms with E-state index in [0.717, 1.165) is 5.56 Å². The van der Waals surface area contributed by atoms with E-state index in [-0.39, 0.29) is 18.9 Å². The lowest BCUT2D eigenvalue weighted by atomic mass is 10.1. The number of nitrogens with zero attached hydrogens (tertiary/aromatic N) is 1. The van der Waals surface area contributed by atoms with Crippen molar-refractivity contribution in [1.82, 2.24) is 4.90 Å². The van der Waals surface area contributed by atoms with Crippen molar-refractivity contribution >= 4 is 5.91 Å². The van der Waals surface area contributed by atoms with E-state index in [1.165, 1.54) is 0 Å². The molecule has 0 saturated carbocycles. The smallest absolute Gasteiger partial charge is 0.227 e. The van der Waals surface area contributed by atoms with Crippen LogP contribution in [0.2, 0.25) is 0 Å². The highest BCUT2D eigenvalue weighted by atomic mass is 16.5. The number of aliphatic hydroxyl groups excluding tert-OH is 1. The number of rotatable bonds is 7. The zero-order valence-electron chi connectivity index (χ0n) is 10.6. The molecule has 4 nitrogen and oxygen atoms in total. The van der Waals surface area contributed by atoms with E-state index < -0.39 is 0 Å². The van der Waals surface area contributed by atoms with Crippen molar-refractivity contribution in [2.75, 3.05) is 26.8 Å². The molecule has 4 heteroatoms. The SMILES string of the molecule is C=CCN(CCO)C(=O)Cc1ccccc1OC. The molecular formula is C14H19NO3. The molecule has 0 aliphatic heterocycles. The molecule has 0 atom stereocenters. The molecule has 1 rings (SSSR count). The molecule has 18 heavy (non-hydrogen) atoms. The van der Waals surface area contributed by atoms with Gasteiger partial charge in [0.05, 0.1) is 20.1 Å². The highest BCUT2D eigenvalue weighted by Crippen LogP contribution is 2.18. The third kappa shape index (κ3) is 3.89. The molecule has 0 aliphatic carbocycles. The van der Waals surface area contributed by atoms with Crippen molar-refractivity contribution in [2.24, 2.45) is 0 Å². The van der Waals surface area contributed by atoms with E-state index in [0.29, 0.717) is 18.8 Å². The monoisotopic (exact) mass is 249 g/mol. The minimum Gasteiger partial charge on any atom is -0.496 e. The third-order valence-electron chi connectivity index (χ3n) is 2.61. The second kappa shape index (κ2) is 7.50. The van der Waals surface area contributed by atoms with Crippen LogP contribution in [-0.2, 0) is 11.2 Å². The van der Waals surface area contributed by atoms with Gasteiger partial charge in [0.25, 0.3) is 0 Å². The number of carbonyl (C=O) groups is 1. The van der Waals surface area contributed by atoms with E-state index >= 15 is 0 Å². The predicted molar refractivity (Wildman–Crippen MR) is 70.6 cm³/mol. The molecule has 0 unspecified atom stereocenters. The van der Waals surface area contributed by atoms with Gasteiger partial charge in [-0.1, -0.05) is 24.3 Å². The molecule has 0 fully saturated rings. The summed E-state index contributed by atoms with van der Waals surface area (Å²) < 4.78 is 5.21. The van der Waals surface area contributed by atoms with Crippen LogP contribution in [0.5, 0.6) is 5.75 Å². The van der Waals surface area contributed by atoms with E-state index in [1.807, 2.05) is 24.3 Å². The first-order chi connectivity index (χ1) is 8.72. The Morgan fingerprint density at radius 3 is 2.83 bits per heavy atom. The number of para-hydroxylation sites is 1. The number of aliphatic hydroxyl groups is 1. The van der Waals surface area contributed by atoms with Crippen LogP contribution in [0.25, 0.3) is 0 Å². The maximum Gasteiger partial charge on any atom is 0.227 e. The maximum absolute atomic E-state index is 12.1. The van der Waals surface area contributed by atoms with E-state index in [2.05, 4.69) is 6.58 Å². The molecule has 1 N–H and O–H groups in total. The fraction of sp³-hybridized carbons (Fsp3) is 0.357. The number of benzene rings is 1. The quantitative estimate of drug-likeness (QED) is 0.740. The van der Waals surface area contributed by atoms with Crippen molar-refractivity contribution in [1.29, 1.82) is 0 Å². The second-order valence-electron chi connectivity index (χ2n) is 3.84. The molecule has 1 aromatic carbocycles. The summed E-state index contributed by atoms with van der Waals surface area (Å²) >= 11 is 0. The molecule has 98 valence electrons. The molecular weight excluding hydrogens is 230 g/mol. The Balaban J connectivity index is 2.75. The largest absolute Gasteiger partial charge is 0.496 e. The van der Waals surface area contributed by atoms with Crippen LogP contribution in [-0.4, -0.2) is 42.7 Å². The van der Waals surface area contributed by atoms with Gasteiger partial charge in [-0.05, 0) is 6.07 Å². The molecule has 0 aliphatic rings. The zero-order chi connectivity index (χ0) is 13.4. The van der Waals surface area contributed by atoms with Crippen molar-refractivity contribution in [3.05, 3.63) is 42.5 Å². The van der Waals surface area contributed by atoms with Crippen LogP contribution in [0.15, 0.2) is 36.9 Å². The minimum atomic E-state index is -0.0501. The molecule has 0 saturated heterocycles. The highest BCUT2D eigenvalue weighted by molar-refractivity contribution is 5.79. The van der Waals surface area contributed by atoms with Gasteiger partial charge in [-0.25, -0.2) is 0 Å². The van der Waals surface area contributed by atoms with Gasteiger partial charge in [-0.15, -0.1) is 6.58 Å². The second-order valence-corrected chi connectivity index (χ2v) is 3.84. The number of carbonyl (C=O) groups excluding carboxylic acids is 1. The molecule has 1 amide bonds. The first-order valence-electron chi connectivity index (χ1n) is 5.84. The summed E-state index contributed by atoms with van der Waals surface area (Å²) in [4.78, 5) is 13.6. The van der Waals surface area contributed by atoms with Crippen LogP contribution < -0.4 is 4.74 Å². The average molecular weight is 249 g/mol. The van der Waals surface area contributed by atoms with E-state index in [9.17, 15) is 4.79 Å². The van der Waals surface area contributed by atoms with Crippen LogP contribution >= 0.6 is 0 Å². The van der Waals surface area contributed by atoms with Gasteiger partial charge in [-0.3, -0.25) is 4.79 Å². The normalized spacial score (nSPS) is 9.89. The van der Waals surface area contributed by atoms with Crippen molar-refractivity contribution in [3.63, 3.8) is 0 Å². The van der Waals surface area contributed by atoms with Crippen molar-refractivity contribution in [2.45, 2.75) is 6.42 Å². The van der Waals surface area contributed by atoms with Crippen LogP contribution in [0.3, 0.4) is 0 Å². The Bertz CT molecular complexity index is 404. The Morgan fingerprint density at radius 1 is 1.50 bits per heavy atom. The van der Waals surface area contributed by atoms with Gasteiger partial charge in [0.15, 0.2) is 0 Å². The topological polar surface area (TPSA) is 49.8 Å². The Labute approximate surface area is 107 Å². The summed E-state index contributed by atoms with van der Waals surface area (Å²) in [7, 11) is 1.58. The van der Waals surface area contributed by atoms with Gasteiger partial charge in [0.2, 0.25) is 5.91 Å². The fourth-order valence-electron chi connectivity index (χ4n) is 1.72. The van der Waals surface area contributed by atoms with Crippen molar-refractivity contribution < 1.29 is 14.6 Å². The average Bonchev–Trinajstić information content (AvgIpc) is 2.39. The van der Waals surface area contributed by atoms with Crippen LogP contribution in [0.4, 0.5) is 0 Å². The van der Waals surface area contributed by atoms with Gasteiger partial charge in [0, 0.05) is 18.7 Å². The van der Waals surface area contributed by atoms with E-state index in [4.69, 9.17) is 9.84 Å². The standard InChI is InChI=1S/C14H19NO3/c1-3-8-15(9-10-16)14(17)11-12-6-4-5-7-13(12)18-2/h3-7,16H,1,8-11H2,2H3. The Hall–Kier alpha value is -1.81. The zero-order valence-corrected chi connectivity index (χ0v) is 10.6. The Morgan fingerprint density at radius 2 is 2.22 bits per heavy atom. The maximum atomic E-state index is 12.1. The number of ether oxygens (including phenoxy) is 1. The highest BCUT2D eigenvalue weighted by Gasteiger charge is 2.14. The molecule has 0 bridgehead atoms. The number of hydrogen-bond acceptors (Lipinski definition) is 3. The molecule has 1 aromatic rings. The Kier molecular flexibility index (Phi) is 5.94. The molecule has 0 spiro atoms.